The first-order chi connectivity index (χ1) is 16.5. The van der Waals surface area contributed by atoms with Gasteiger partial charge in [0.15, 0.2) is 0 Å². The number of amides is 1. The topological polar surface area (TPSA) is 69.6 Å². The van der Waals surface area contributed by atoms with Gasteiger partial charge in [0.25, 0.3) is 5.91 Å². The van der Waals surface area contributed by atoms with E-state index in [9.17, 15) is 15.0 Å². The zero-order chi connectivity index (χ0) is 23.2. The summed E-state index contributed by atoms with van der Waals surface area (Å²) < 4.78 is 0. The van der Waals surface area contributed by atoms with Crippen molar-refractivity contribution in [3.8, 4) is 11.5 Å². The highest BCUT2D eigenvalue weighted by Gasteiger charge is 2.48. The van der Waals surface area contributed by atoms with Crippen LogP contribution < -0.4 is 5.32 Å². The normalized spacial score (nSPS) is 27.1. The molecular formula is C30H31NO3. The SMILES string of the molecule is O=C(NC1C2CC3CC(C2)CC1C3)c1ccccc1C(c1ccc(O)cc1)c1ccc(O)cc1. The molecule has 0 heterocycles. The van der Waals surface area contributed by atoms with Gasteiger partial charge in [-0.3, -0.25) is 4.79 Å². The Kier molecular flexibility index (Phi) is 5.32. The third-order valence-corrected chi connectivity index (χ3v) is 8.49. The molecule has 0 unspecified atom stereocenters. The molecule has 0 spiro atoms. The highest BCUT2D eigenvalue weighted by atomic mass is 16.3. The van der Waals surface area contributed by atoms with Crippen LogP contribution in [0.25, 0.3) is 0 Å². The van der Waals surface area contributed by atoms with Crippen LogP contribution in [0.2, 0.25) is 0 Å². The summed E-state index contributed by atoms with van der Waals surface area (Å²) in [5.74, 6) is 3.22. The van der Waals surface area contributed by atoms with Gasteiger partial charge >= 0.3 is 0 Å². The molecule has 7 rings (SSSR count). The van der Waals surface area contributed by atoms with Crippen LogP contribution in [0, 0.1) is 23.7 Å². The molecule has 3 aromatic rings. The maximum Gasteiger partial charge on any atom is 0.251 e. The molecule has 4 aliphatic carbocycles. The molecule has 3 N–H and O–H groups in total. The van der Waals surface area contributed by atoms with Crippen LogP contribution >= 0.6 is 0 Å². The predicted octanol–water partition coefficient (Wildman–Crippen LogP) is 5.83. The zero-order valence-electron chi connectivity index (χ0n) is 19.2. The minimum atomic E-state index is -0.193. The quantitative estimate of drug-likeness (QED) is 0.426. The molecule has 4 bridgehead atoms. The van der Waals surface area contributed by atoms with Crippen LogP contribution in [0.15, 0.2) is 72.8 Å². The van der Waals surface area contributed by atoms with E-state index in [4.69, 9.17) is 0 Å². The standard InChI is InChI=1S/C30H31NO3/c32-24-9-5-20(6-10-24)28(21-7-11-25(33)12-8-21)26-3-1-2-4-27(26)30(34)31-29-22-14-18-13-19(16-22)17-23(29)15-18/h1-12,18-19,22-23,28-29,32-33H,13-17H2,(H,31,34). The minimum Gasteiger partial charge on any atom is -0.508 e. The van der Waals surface area contributed by atoms with Gasteiger partial charge in [-0.2, -0.15) is 0 Å². The van der Waals surface area contributed by atoms with Gasteiger partial charge in [-0.15, -0.1) is 0 Å². The third-order valence-electron chi connectivity index (χ3n) is 8.49. The number of phenolic OH excluding ortho intramolecular Hbond substituents is 2. The second-order valence-corrected chi connectivity index (χ2v) is 10.6. The van der Waals surface area contributed by atoms with Crippen LogP contribution in [0.1, 0.15) is 65.1 Å². The molecule has 0 radical (unpaired) electrons. The van der Waals surface area contributed by atoms with Gasteiger partial charge in [0.1, 0.15) is 11.5 Å². The predicted molar refractivity (Wildman–Crippen MR) is 132 cm³/mol. The molecule has 4 nitrogen and oxygen atoms in total. The van der Waals surface area contributed by atoms with E-state index >= 15 is 0 Å². The van der Waals surface area contributed by atoms with Gasteiger partial charge in [0.05, 0.1) is 0 Å². The molecule has 34 heavy (non-hydrogen) atoms. The zero-order valence-corrected chi connectivity index (χ0v) is 19.2. The number of carbonyl (C=O) groups excluding carboxylic acids is 1. The Morgan fingerprint density at radius 2 is 1.21 bits per heavy atom. The molecule has 174 valence electrons. The third kappa shape index (κ3) is 3.85. The summed E-state index contributed by atoms with van der Waals surface area (Å²) in [5.41, 5.74) is 3.60. The van der Waals surface area contributed by atoms with E-state index in [-0.39, 0.29) is 29.4 Å². The number of benzene rings is 3. The van der Waals surface area contributed by atoms with Crippen molar-refractivity contribution in [2.45, 2.75) is 44.1 Å². The number of rotatable bonds is 5. The van der Waals surface area contributed by atoms with Crippen LogP contribution in [-0.2, 0) is 0 Å². The lowest BCUT2D eigenvalue weighted by Gasteiger charge is -2.54. The van der Waals surface area contributed by atoms with E-state index in [2.05, 4.69) is 5.32 Å². The van der Waals surface area contributed by atoms with Crippen LogP contribution in [-0.4, -0.2) is 22.2 Å². The second kappa shape index (κ2) is 8.50. The van der Waals surface area contributed by atoms with Gasteiger partial charge in [-0.05, 0) is 103 Å². The number of phenols is 2. The average molecular weight is 454 g/mol. The molecule has 4 heteroatoms. The lowest BCUT2D eigenvalue weighted by Crippen LogP contribution is -2.55. The average Bonchev–Trinajstić information content (AvgIpc) is 2.84. The van der Waals surface area contributed by atoms with Crippen molar-refractivity contribution in [2.24, 2.45) is 23.7 Å². The highest BCUT2D eigenvalue weighted by Crippen LogP contribution is 2.53. The van der Waals surface area contributed by atoms with Crippen molar-refractivity contribution in [1.29, 1.82) is 0 Å². The fraction of sp³-hybridized carbons (Fsp3) is 0.367. The fourth-order valence-corrected chi connectivity index (χ4v) is 7.23. The lowest BCUT2D eigenvalue weighted by molar-refractivity contribution is -0.0119. The summed E-state index contributed by atoms with van der Waals surface area (Å²) in [6.45, 7) is 0. The minimum absolute atomic E-state index is 0.00984. The lowest BCUT2D eigenvalue weighted by atomic mass is 9.54. The summed E-state index contributed by atoms with van der Waals surface area (Å²) in [6, 6.07) is 22.5. The Morgan fingerprint density at radius 1 is 0.706 bits per heavy atom. The van der Waals surface area contributed by atoms with Gasteiger partial charge in [-0.25, -0.2) is 0 Å². The summed E-state index contributed by atoms with van der Waals surface area (Å²) in [7, 11) is 0. The van der Waals surface area contributed by atoms with Crippen LogP contribution in [0.4, 0.5) is 0 Å². The van der Waals surface area contributed by atoms with E-state index in [1.165, 1.54) is 32.1 Å². The maximum absolute atomic E-state index is 13.7. The first-order valence-corrected chi connectivity index (χ1v) is 12.5. The van der Waals surface area contributed by atoms with Gasteiger partial charge in [0.2, 0.25) is 0 Å². The Morgan fingerprint density at radius 3 is 1.74 bits per heavy atom. The molecule has 0 aromatic heterocycles. The highest BCUT2D eigenvalue weighted by molar-refractivity contribution is 5.96. The second-order valence-electron chi connectivity index (χ2n) is 10.6. The van der Waals surface area contributed by atoms with E-state index in [1.54, 1.807) is 24.3 Å². The summed E-state index contributed by atoms with van der Waals surface area (Å²) in [6.07, 6.45) is 6.47. The number of carbonyl (C=O) groups is 1. The van der Waals surface area contributed by atoms with Crippen LogP contribution in [0.3, 0.4) is 0 Å². The largest absolute Gasteiger partial charge is 0.508 e. The van der Waals surface area contributed by atoms with Crippen molar-refractivity contribution in [1.82, 2.24) is 5.32 Å². The maximum atomic E-state index is 13.7. The van der Waals surface area contributed by atoms with Crippen LogP contribution in [0.5, 0.6) is 11.5 Å². The van der Waals surface area contributed by atoms with Crippen molar-refractivity contribution in [2.75, 3.05) is 0 Å². The number of hydrogen-bond acceptors (Lipinski definition) is 3. The molecule has 4 saturated carbocycles. The monoisotopic (exact) mass is 453 g/mol. The smallest absolute Gasteiger partial charge is 0.251 e. The van der Waals surface area contributed by atoms with Crippen molar-refractivity contribution in [3.63, 3.8) is 0 Å². The summed E-state index contributed by atoms with van der Waals surface area (Å²) >= 11 is 0. The number of aromatic hydroxyl groups is 2. The van der Waals surface area contributed by atoms with Gasteiger partial charge in [0, 0.05) is 17.5 Å². The number of hydrogen-bond donors (Lipinski definition) is 3. The first kappa shape index (κ1) is 21.3. The van der Waals surface area contributed by atoms with E-state index in [1.807, 2.05) is 48.5 Å². The molecule has 0 saturated heterocycles. The fourth-order valence-electron chi connectivity index (χ4n) is 7.23. The summed E-state index contributed by atoms with van der Waals surface area (Å²) in [4.78, 5) is 13.7. The molecular weight excluding hydrogens is 422 g/mol. The Labute approximate surface area is 200 Å². The van der Waals surface area contributed by atoms with Gasteiger partial charge in [-0.1, -0.05) is 42.5 Å². The van der Waals surface area contributed by atoms with Crippen molar-refractivity contribution >= 4 is 5.91 Å². The van der Waals surface area contributed by atoms with Gasteiger partial charge < -0.3 is 15.5 Å². The summed E-state index contributed by atoms with van der Waals surface area (Å²) in [5, 5.41) is 23.2. The Hall–Kier alpha value is -3.27. The number of nitrogens with one attached hydrogen (secondary N) is 1. The molecule has 4 aliphatic rings. The first-order valence-electron chi connectivity index (χ1n) is 12.5. The van der Waals surface area contributed by atoms with Crippen molar-refractivity contribution in [3.05, 3.63) is 95.1 Å². The molecule has 0 atom stereocenters. The van der Waals surface area contributed by atoms with E-state index in [0.29, 0.717) is 17.4 Å². The van der Waals surface area contributed by atoms with E-state index < -0.39 is 0 Å². The van der Waals surface area contributed by atoms with E-state index in [0.717, 1.165) is 28.5 Å². The molecule has 0 aliphatic heterocycles. The molecule has 3 aromatic carbocycles. The molecule has 4 fully saturated rings. The molecule has 1 amide bonds. The van der Waals surface area contributed by atoms with Crippen molar-refractivity contribution < 1.29 is 15.0 Å². The Balaban J connectivity index is 1.35. The Bertz CT molecular complexity index is 1110.